The van der Waals surface area contributed by atoms with Gasteiger partial charge in [-0.15, -0.1) is 0 Å². The second-order valence-corrected chi connectivity index (χ2v) is 14.6. The minimum Gasteiger partial charge on any atom is -0.462 e. The molecule has 1 atom stereocenters. The van der Waals surface area contributed by atoms with Crippen LogP contribution in [-0.4, -0.2) is 37.2 Å². The summed E-state index contributed by atoms with van der Waals surface area (Å²) in [7, 11) is 0. The smallest absolute Gasteiger partial charge is 0.306 e. The molecule has 0 aliphatic rings. The molecule has 56 heavy (non-hydrogen) atoms. The molecular formula is C50H82O6. The highest BCUT2D eigenvalue weighted by Crippen LogP contribution is 2.12. The maximum Gasteiger partial charge on any atom is 0.306 e. The lowest BCUT2D eigenvalue weighted by Gasteiger charge is -2.18. The molecule has 0 N–H and O–H groups in total. The van der Waals surface area contributed by atoms with Gasteiger partial charge in [0.05, 0.1) is 0 Å². The average molecular weight is 779 g/mol. The second-order valence-electron chi connectivity index (χ2n) is 14.6. The van der Waals surface area contributed by atoms with E-state index in [0.29, 0.717) is 19.3 Å². The summed E-state index contributed by atoms with van der Waals surface area (Å²) < 4.78 is 16.6. The first-order chi connectivity index (χ1) is 27.5. The fourth-order valence-electron chi connectivity index (χ4n) is 5.74. The zero-order valence-electron chi connectivity index (χ0n) is 36.1. The Kier molecular flexibility index (Phi) is 41.6. The first kappa shape index (κ1) is 52.6. The molecule has 0 fully saturated rings. The van der Waals surface area contributed by atoms with Crippen LogP contribution < -0.4 is 0 Å². The Morgan fingerprint density at radius 2 is 0.750 bits per heavy atom. The van der Waals surface area contributed by atoms with E-state index in [-0.39, 0.29) is 37.5 Å². The number of allylic oxidation sites excluding steroid dienone is 14. The van der Waals surface area contributed by atoms with Gasteiger partial charge >= 0.3 is 17.9 Å². The lowest BCUT2D eigenvalue weighted by Crippen LogP contribution is -2.30. The standard InChI is InChI=1S/C50H82O6/c1-4-7-10-13-16-19-21-22-23-24-25-26-27-28-30-31-34-37-40-43-49(52)55-46-47(45-54-48(51)42-39-36-33-18-15-12-9-6-3)56-50(53)44-41-38-35-32-29-20-17-14-11-8-5-2/h7,10,14,16-17,19,22-23,25-26,28,30,34,37,47H,4-6,8-9,11-13,15,18,20-21,24,27,29,31-33,35-36,38-46H2,1-3H3/b10-7-,17-14-,19-16-,23-22-,26-25-,30-28-,37-34-. The van der Waals surface area contributed by atoms with Crippen LogP contribution in [0.3, 0.4) is 0 Å². The highest BCUT2D eigenvalue weighted by molar-refractivity contribution is 5.71. The van der Waals surface area contributed by atoms with E-state index in [9.17, 15) is 14.4 Å². The van der Waals surface area contributed by atoms with Gasteiger partial charge in [0.25, 0.3) is 0 Å². The maximum absolute atomic E-state index is 12.7. The molecule has 0 radical (unpaired) electrons. The lowest BCUT2D eigenvalue weighted by atomic mass is 10.1. The van der Waals surface area contributed by atoms with Crippen molar-refractivity contribution in [3.8, 4) is 0 Å². The largest absolute Gasteiger partial charge is 0.462 e. The van der Waals surface area contributed by atoms with Crippen molar-refractivity contribution in [2.75, 3.05) is 13.2 Å². The van der Waals surface area contributed by atoms with E-state index in [1.807, 2.05) is 12.2 Å². The van der Waals surface area contributed by atoms with Gasteiger partial charge in [-0.05, 0) is 77.0 Å². The van der Waals surface area contributed by atoms with Crippen LogP contribution in [0.5, 0.6) is 0 Å². The maximum atomic E-state index is 12.7. The molecule has 0 aliphatic carbocycles. The quantitative estimate of drug-likeness (QED) is 0.0268. The summed E-state index contributed by atoms with van der Waals surface area (Å²) in [5, 5.41) is 0. The molecule has 0 aliphatic heterocycles. The third-order valence-corrected chi connectivity index (χ3v) is 9.15. The van der Waals surface area contributed by atoms with Gasteiger partial charge in [0.1, 0.15) is 13.2 Å². The lowest BCUT2D eigenvalue weighted by molar-refractivity contribution is -0.166. The number of carbonyl (C=O) groups excluding carboxylic acids is 3. The molecule has 6 heteroatoms. The summed E-state index contributed by atoms with van der Waals surface area (Å²) in [4.78, 5) is 37.6. The third-order valence-electron chi connectivity index (χ3n) is 9.15. The minimum atomic E-state index is -0.806. The molecule has 0 spiro atoms. The van der Waals surface area contributed by atoms with E-state index in [1.54, 1.807) is 0 Å². The van der Waals surface area contributed by atoms with Crippen LogP contribution in [0.2, 0.25) is 0 Å². The first-order valence-corrected chi connectivity index (χ1v) is 22.6. The number of hydrogen-bond acceptors (Lipinski definition) is 6. The van der Waals surface area contributed by atoms with E-state index < -0.39 is 6.10 Å². The van der Waals surface area contributed by atoms with E-state index in [2.05, 4.69) is 93.7 Å². The number of hydrogen-bond donors (Lipinski definition) is 0. The molecule has 0 heterocycles. The van der Waals surface area contributed by atoms with Gasteiger partial charge in [0.2, 0.25) is 0 Å². The van der Waals surface area contributed by atoms with Gasteiger partial charge < -0.3 is 14.2 Å². The summed E-state index contributed by atoms with van der Waals surface area (Å²) in [6.07, 6.45) is 55.8. The van der Waals surface area contributed by atoms with Crippen molar-refractivity contribution in [1.82, 2.24) is 0 Å². The van der Waals surface area contributed by atoms with E-state index in [0.717, 1.165) is 89.9 Å². The highest BCUT2D eigenvalue weighted by atomic mass is 16.6. The van der Waals surface area contributed by atoms with Crippen molar-refractivity contribution >= 4 is 17.9 Å². The molecule has 0 saturated carbocycles. The zero-order chi connectivity index (χ0) is 40.8. The first-order valence-electron chi connectivity index (χ1n) is 22.6. The Labute approximate surface area is 344 Å². The van der Waals surface area contributed by atoms with Crippen LogP contribution in [-0.2, 0) is 28.6 Å². The van der Waals surface area contributed by atoms with Gasteiger partial charge in [-0.2, -0.15) is 0 Å². The molecular weight excluding hydrogens is 697 g/mol. The molecule has 0 aromatic heterocycles. The van der Waals surface area contributed by atoms with E-state index in [4.69, 9.17) is 14.2 Å². The van der Waals surface area contributed by atoms with Crippen LogP contribution in [0.1, 0.15) is 194 Å². The van der Waals surface area contributed by atoms with Crippen LogP contribution >= 0.6 is 0 Å². The molecule has 0 saturated heterocycles. The monoisotopic (exact) mass is 779 g/mol. The number of esters is 3. The topological polar surface area (TPSA) is 78.9 Å². The van der Waals surface area contributed by atoms with Crippen molar-refractivity contribution in [1.29, 1.82) is 0 Å². The van der Waals surface area contributed by atoms with Crippen molar-refractivity contribution in [2.45, 2.75) is 200 Å². The molecule has 0 bridgehead atoms. The summed E-state index contributed by atoms with van der Waals surface area (Å²) in [5.74, 6) is -1.01. The van der Waals surface area contributed by atoms with E-state index >= 15 is 0 Å². The van der Waals surface area contributed by atoms with Crippen LogP contribution in [0.25, 0.3) is 0 Å². The van der Waals surface area contributed by atoms with Gasteiger partial charge in [0.15, 0.2) is 6.10 Å². The number of carbonyl (C=O) groups is 3. The SMILES string of the molecule is CC/C=C\C/C=C\C/C=C\C/C=C\C/C=C\C/C=C\CCC(=O)OCC(COC(=O)CCCCCCCCCC)OC(=O)CCCCCCC/C=C\CCCC. The normalized spacial score (nSPS) is 12.8. The number of ether oxygens (including phenoxy) is 3. The Bertz CT molecular complexity index is 1120. The molecule has 0 amide bonds. The predicted molar refractivity (Wildman–Crippen MR) is 237 cm³/mol. The van der Waals surface area contributed by atoms with Crippen molar-refractivity contribution in [3.63, 3.8) is 0 Å². The zero-order valence-corrected chi connectivity index (χ0v) is 36.1. The fourth-order valence-corrected chi connectivity index (χ4v) is 5.74. The summed E-state index contributed by atoms with van der Waals surface area (Å²) in [6.45, 7) is 6.35. The predicted octanol–water partition coefficient (Wildman–Crippen LogP) is 14.5. The van der Waals surface area contributed by atoms with Crippen molar-refractivity contribution < 1.29 is 28.6 Å². The number of unbranched alkanes of at least 4 members (excludes halogenated alkanes) is 14. The Balaban J connectivity index is 4.46. The van der Waals surface area contributed by atoms with Crippen LogP contribution in [0.4, 0.5) is 0 Å². The Morgan fingerprint density at radius 1 is 0.375 bits per heavy atom. The molecule has 6 nitrogen and oxygen atoms in total. The molecule has 318 valence electrons. The minimum absolute atomic E-state index is 0.103. The van der Waals surface area contributed by atoms with Gasteiger partial charge in [-0.3, -0.25) is 14.4 Å². The average Bonchev–Trinajstić information content (AvgIpc) is 3.19. The number of rotatable bonds is 39. The Morgan fingerprint density at radius 3 is 1.25 bits per heavy atom. The molecule has 0 rings (SSSR count). The van der Waals surface area contributed by atoms with Crippen LogP contribution in [0.15, 0.2) is 85.1 Å². The fraction of sp³-hybridized carbons (Fsp3) is 0.660. The van der Waals surface area contributed by atoms with Crippen LogP contribution in [0, 0.1) is 0 Å². The second kappa shape index (κ2) is 44.3. The third kappa shape index (κ3) is 41.7. The summed E-state index contributed by atoms with van der Waals surface area (Å²) in [6, 6.07) is 0. The summed E-state index contributed by atoms with van der Waals surface area (Å²) >= 11 is 0. The van der Waals surface area contributed by atoms with Crippen molar-refractivity contribution in [3.05, 3.63) is 85.1 Å². The van der Waals surface area contributed by atoms with Crippen molar-refractivity contribution in [2.24, 2.45) is 0 Å². The Hall–Kier alpha value is -3.41. The highest BCUT2D eigenvalue weighted by Gasteiger charge is 2.19. The van der Waals surface area contributed by atoms with Gasteiger partial charge in [0, 0.05) is 19.3 Å². The van der Waals surface area contributed by atoms with E-state index in [1.165, 1.54) is 57.8 Å². The van der Waals surface area contributed by atoms with Gasteiger partial charge in [-0.25, -0.2) is 0 Å². The molecule has 1 unspecified atom stereocenters. The summed E-state index contributed by atoms with van der Waals surface area (Å²) in [5.41, 5.74) is 0. The molecule has 0 aromatic carbocycles. The van der Waals surface area contributed by atoms with Gasteiger partial charge in [-0.1, -0.05) is 183 Å². The molecule has 0 aromatic rings.